The van der Waals surface area contributed by atoms with Crippen LogP contribution < -0.4 is 0 Å². The lowest BCUT2D eigenvalue weighted by Crippen LogP contribution is -2.60. The number of esters is 1. The molecule has 0 aromatic carbocycles. The molecule has 0 aromatic heterocycles. The topological polar surface area (TPSA) is 192 Å². The number of aliphatic hydroxyl groups excluding tert-OH is 4. The molecule has 6 fully saturated rings. The summed E-state index contributed by atoms with van der Waals surface area (Å²) in [5.41, 5.74) is 0.369. The van der Waals surface area contributed by atoms with E-state index in [1.54, 1.807) is 13.0 Å². The van der Waals surface area contributed by atoms with Gasteiger partial charge in [-0.2, -0.15) is 0 Å². The molecular formula is C50H78O14. The summed E-state index contributed by atoms with van der Waals surface area (Å²) in [5.74, 6) is -3.29. The van der Waals surface area contributed by atoms with Crippen LogP contribution in [0.3, 0.4) is 0 Å². The lowest BCUT2D eigenvalue weighted by Gasteiger charge is -2.50. The highest BCUT2D eigenvalue weighted by Crippen LogP contribution is 2.47. The molecule has 7 rings (SSSR count). The Hall–Kier alpha value is -2.05. The molecule has 7 heterocycles. The van der Waals surface area contributed by atoms with E-state index in [-0.39, 0.29) is 49.8 Å². The summed E-state index contributed by atoms with van der Waals surface area (Å²) >= 11 is 0. The van der Waals surface area contributed by atoms with E-state index in [2.05, 4.69) is 33.4 Å². The van der Waals surface area contributed by atoms with Crippen LogP contribution in [0.1, 0.15) is 138 Å². The maximum atomic E-state index is 12.9. The molecule has 6 saturated heterocycles. The van der Waals surface area contributed by atoms with E-state index in [1.165, 1.54) is 6.92 Å². The van der Waals surface area contributed by atoms with Gasteiger partial charge in [0, 0.05) is 44.6 Å². The predicted octanol–water partition coefficient (Wildman–Crippen LogP) is 6.00. The molecule has 0 amide bonds. The monoisotopic (exact) mass is 903 g/mol. The summed E-state index contributed by atoms with van der Waals surface area (Å²) in [6.45, 7) is 16.5. The van der Waals surface area contributed by atoms with Gasteiger partial charge < -0.3 is 63.4 Å². The Morgan fingerprint density at radius 1 is 1.02 bits per heavy atom. The van der Waals surface area contributed by atoms with Gasteiger partial charge in [0.1, 0.15) is 31.0 Å². The van der Waals surface area contributed by atoms with Gasteiger partial charge in [-0.15, -0.1) is 0 Å². The van der Waals surface area contributed by atoms with Crippen LogP contribution >= 0.6 is 0 Å². The van der Waals surface area contributed by atoms with E-state index in [0.29, 0.717) is 62.9 Å². The first kappa shape index (κ1) is 49.8. The standard InChI is InChI=1S/C50H78O14/c1-30(11-10-23-51)29-57-46(55)47(7,56)28-37-14-15-41(53)50(61-37)27-31(2)25-40(62-50)32(3)12-13-36-17-21-49(60-36)22-18-39-45(64-49)42(54)35(6)44(59-39)38(52)26-34(5)43-33(4)16-20-48(63-43)19-8-9-24-58-48/h11-13,27,32-34,36-45,51-54,56H,6,8-10,14-26,28-29H2,1-5,7H3/b13-12+,30-11+/t32-,33-,34+,36+,37+,38+,39-,40+,41-,42-,43+,44+,45-,47-,48+,49-,50-/m1/s1. The van der Waals surface area contributed by atoms with Gasteiger partial charge in [0.15, 0.2) is 17.2 Å². The van der Waals surface area contributed by atoms with Crippen LogP contribution in [-0.2, 0) is 42.7 Å². The molecule has 5 N–H and O–H groups in total. The third-order valence-corrected chi connectivity index (χ3v) is 15.0. The number of fused-ring (bicyclic) bond motifs is 1. The Labute approximate surface area is 380 Å². The molecule has 7 aliphatic rings. The highest BCUT2D eigenvalue weighted by molar-refractivity contribution is 5.78. The van der Waals surface area contributed by atoms with Crippen molar-refractivity contribution < 1.29 is 68.2 Å². The predicted molar refractivity (Wildman–Crippen MR) is 236 cm³/mol. The van der Waals surface area contributed by atoms with E-state index in [1.807, 2.05) is 19.1 Å². The van der Waals surface area contributed by atoms with Crippen molar-refractivity contribution in [3.63, 3.8) is 0 Å². The SMILES string of the molecule is C=C1[C@@H](O)[C@@H]2O[C@]3(CC[C@H](/C=C/[C@@H](C)[C@@H]4CC(C)=C[C@@]5(O[C@H](C[C@@](C)(O)C(=O)OC/C(C)=C/CCO)CC[C@H]5O)O4)O3)CC[C@H]2O[C@@H]1[C@@H](O)C[C@H](C)[C@H]1O[C@@]2(CCCCO2)CC[C@H]1C. The van der Waals surface area contributed by atoms with Gasteiger partial charge in [0.05, 0.1) is 43.2 Å². The first-order valence-corrected chi connectivity index (χ1v) is 24.3. The number of ether oxygens (including phenoxy) is 8. The van der Waals surface area contributed by atoms with Crippen molar-refractivity contribution in [3.05, 3.63) is 47.6 Å². The maximum absolute atomic E-state index is 12.9. The fourth-order valence-corrected chi connectivity index (χ4v) is 11.2. The molecule has 0 aliphatic carbocycles. The zero-order chi connectivity index (χ0) is 46.0. The van der Waals surface area contributed by atoms with Crippen molar-refractivity contribution >= 4 is 5.97 Å². The molecule has 17 atom stereocenters. The number of hydrogen-bond acceptors (Lipinski definition) is 14. The van der Waals surface area contributed by atoms with Crippen molar-refractivity contribution in [2.24, 2.45) is 17.8 Å². The van der Waals surface area contributed by atoms with Crippen LogP contribution in [0.15, 0.2) is 47.6 Å². The Kier molecular flexibility index (Phi) is 16.1. The maximum Gasteiger partial charge on any atom is 0.338 e. The molecule has 7 aliphatic heterocycles. The van der Waals surface area contributed by atoms with Crippen LogP contribution in [0.5, 0.6) is 0 Å². The highest BCUT2D eigenvalue weighted by Gasteiger charge is 2.55. The van der Waals surface area contributed by atoms with E-state index in [4.69, 9.17) is 43.0 Å². The molecule has 0 aromatic rings. The molecule has 0 bridgehead atoms. The molecule has 14 nitrogen and oxygen atoms in total. The number of carbonyl (C=O) groups excluding carboxylic acids is 1. The summed E-state index contributed by atoms with van der Waals surface area (Å²) in [6.07, 6.45) is 11.8. The Morgan fingerprint density at radius 3 is 2.53 bits per heavy atom. The average Bonchev–Trinajstić information content (AvgIpc) is 3.66. The van der Waals surface area contributed by atoms with Crippen molar-refractivity contribution in [3.8, 4) is 0 Å². The van der Waals surface area contributed by atoms with Crippen LogP contribution in [0, 0.1) is 17.8 Å². The van der Waals surface area contributed by atoms with Gasteiger partial charge in [-0.05, 0) is 114 Å². The molecular weight excluding hydrogens is 825 g/mol. The lowest BCUT2D eigenvalue weighted by atomic mass is 9.79. The summed E-state index contributed by atoms with van der Waals surface area (Å²) < 4.78 is 51.1. The second-order valence-corrected chi connectivity index (χ2v) is 20.7. The Bertz CT molecular complexity index is 1700. The summed E-state index contributed by atoms with van der Waals surface area (Å²) in [7, 11) is 0. The van der Waals surface area contributed by atoms with Crippen LogP contribution in [0.2, 0.25) is 0 Å². The molecule has 64 heavy (non-hydrogen) atoms. The van der Waals surface area contributed by atoms with Gasteiger partial charge in [-0.1, -0.05) is 51.2 Å². The van der Waals surface area contributed by atoms with Crippen molar-refractivity contribution in [2.45, 2.75) is 222 Å². The van der Waals surface area contributed by atoms with Gasteiger partial charge in [-0.3, -0.25) is 0 Å². The van der Waals surface area contributed by atoms with Crippen molar-refractivity contribution in [2.75, 3.05) is 19.8 Å². The molecule has 14 heteroatoms. The summed E-state index contributed by atoms with van der Waals surface area (Å²) in [4.78, 5) is 12.9. The number of rotatable bonds is 14. The molecule has 3 spiro atoms. The van der Waals surface area contributed by atoms with Crippen LogP contribution in [-0.4, -0.2) is 135 Å². The van der Waals surface area contributed by atoms with Gasteiger partial charge >= 0.3 is 5.97 Å². The number of carbonyl (C=O) groups is 1. The highest BCUT2D eigenvalue weighted by atomic mass is 16.7. The number of hydrogen-bond donors (Lipinski definition) is 5. The Morgan fingerprint density at radius 2 is 1.78 bits per heavy atom. The number of aliphatic hydroxyl groups is 5. The molecule has 362 valence electrons. The summed E-state index contributed by atoms with van der Waals surface area (Å²) in [6, 6.07) is 0. The van der Waals surface area contributed by atoms with Gasteiger partial charge in [0.2, 0.25) is 5.79 Å². The van der Waals surface area contributed by atoms with Crippen molar-refractivity contribution in [1.82, 2.24) is 0 Å². The molecule has 0 saturated carbocycles. The fourth-order valence-electron chi connectivity index (χ4n) is 11.2. The zero-order valence-corrected chi connectivity index (χ0v) is 39.2. The largest absolute Gasteiger partial charge is 0.459 e. The van der Waals surface area contributed by atoms with E-state index >= 15 is 0 Å². The van der Waals surface area contributed by atoms with Gasteiger partial charge in [-0.25, -0.2) is 4.79 Å². The summed E-state index contributed by atoms with van der Waals surface area (Å²) in [5, 5.41) is 54.7. The molecule has 0 radical (unpaired) electrons. The minimum absolute atomic E-state index is 0.00273. The molecule has 0 unspecified atom stereocenters. The third kappa shape index (κ3) is 11.3. The van der Waals surface area contributed by atoms with Gasteiger partial charge in [0.25, 0.3) is 0 Å². The second kappa shape index (κ2) is 20.7. The van der Waals surface area contributed by atoms with E-state index in [0.717, 1.165) is 56.3 Å². The zero-order valence-electron chi connectivity index (χ0n) is 39.2. The second-order valence-electron chi connectivity index (χ2n) is 20.7. The smallest absolute Gasteiger partial charge is 0.338 e. The quantitative estimate of drug-likeness (QED) is 0.101. The lowest BCUT2D eigenvalue weighted by molar-refractivity contribution is -0.321. The normalized spacial score (nSPS) is 42.0. The minimum atomic E-state index is -1.83. The fraction of sp³-hybridized carbons (Fsp3) is 0.820. The minimum Gasteiger partial charge on any atom is -0.459 e. The van der Waals surface area contributed by atoms with Crippen molar-refractivity contribution in [1.29, 1.82) is 0 Å². The van der Waals surface area contributed by atoms with E-state index in [9.17, 15) is 25.2 Å². The van der Waals surface area contributed by atoms with Crippen LogP contribution in [0.4, 0.5) is 0 Å². The Balaban J connectivity index is 0.903. The van der Waals surface area contributed by atoms with E-state index < -0.39 is 71.7 Å². The first-order chi connectivity index (χ1) is 30.4. The third-order valence-electron chi connectivity index (χ3n) is 15.0. The average molecular weight is 903 g/mol. The van der Waals surface area contributed by atoms with Crippen LogP contribution in [0.25, 0.3) is 0 Å². The first-order valence-electron chi connectivity index (χ1n) is 24.3.